The number of thiazole rings is 1. The highest BCUT2D eigenvalue weighted by Crippen LogP contribution is 2.24. The number of rotatable bonds is 6. The summed E-state index contributed by atoms with van der Waals surface area (Å²) in [7, 11) is -3.38. The van der Waals surface area contributed by atoms with Crippen LogP contribution in [0.15, 0.2) is 10.4 Å². The van der Waals surface area contributed by atoms with Gasteiger partial charge < -0.3 is 0 Å². The van der Waals surface area contributed by atoms with Crippen molar-refractivity contribution in [3.63, 3.8) is 0 Å². The van der Waals surface area contributed by atoms with E-state index in [0.29, 0.717) is 10.8 Å². The summed E-state index contributed by atoms with van der Waals surface area (Å²) in [6.07, 6.45) is 2.24. The molecular formula is C10H17BrN2O2S2. The average Bonchev–Trinajstić information content (AvgIpc) is 2.65. The van der Waals surface area contributed by atoms with Crippen LogP contribution in [0.5, 0.6) is 0 Å². The van der Waals surface area contributed by atoms with Gasteiger partial charge in [-0.25, -0.2) is 13.4 Å². The summed E-state index contributed by atoms with van der Waals surface area (Å²) in [4.78, 5) is 4.01. The van der Waals surface area contributed by atoms with E-state index in [-0.39, 0.29) is 6.04 Å². The third kappa shape index (κ3) is 3.74. The third-order valence-corrected chi connectivity index (χ3v) is 6.24. The summed E-state index contributed by atoms with van der Waals surface area (Å²) in [5.41, 5.74) is 0. The SMILES string of the molecule is Cc1ncc(S(=O)(=O)N(CCCBr)C(C)C)s1. The highest BCUT2D eigenvalue weighted by molar-refractivity contribution is 9.09. The van der Waals surface area contributed by atoms with Crippen LogP contribution in [0.1, 0.15) is 25.3 Å². The zero-order valence-electron chi connectivity index (χ0n) is 10.2. The highest BCUT2D eigenvalue weighted by Gasteiger charge is 2.28. The number of nitrogens with zero attached hydrogens (tertiary/aromatic N) is 2. The first-order valence-electron chi connectivity index (χ1n) is 5.40. The molecule has 0 aliphatic rings. The van der Waals surface area contributed by atoms with Crippen molar-refractivity contribution in [3.8, 4) is 0 Å². The lowest BCUT2D eigenvalue weighted by molar-refractivity contribution is 0.356. The van der Waals surface area contributed by atoms with Gasteiger partial charge in [0.15, 0.2) is 4.21 Å². The van der Waals surface area contributed by atoms with E-state index in [0.717, 1.165) is 16.8 Å². The van der Waals surface area contributed by atoms with E-state index >= 15 is 0 Å². The molecule has 0 radical (unpaired) electrons. The van der Waals surface area contributed by atoms with Crippen molar-refractivity contribution < 1.29 is 8.42 Å². The van der Waals surface area contributed by atoms with E-state index in [4.69, 9.17) is 0 Å². The van der Waals surface area contributed by atoms with Crippen LogP contribution in [0.3, 0.4) is 0 Å². The van der Waals surface area contributed by atoms with Gasteiger partial charge in [-0.05, 0) is 27.2 Å². The van der Waals surface area contributed by atoms with E-state index in [1.165, 1.54) is 21.8 Å². The fourth-order valence-corrected chi connectivity index (χ4v) is 4.61. The molecule has 1 rings (SSSR count). The van der Waals surface area contributed by atoms with Gasteiger partial charge >= 0.3 is 0 Å². The summed E-state index contributed by atoms with van der Waals surface area (Å²) >= 11 is 4.54. The average molecular weight is 341 g/mol. The summed E-state index contributed by atoms with van der Waals surface area (Å²) in [5.74, 6) is 0. The number of sulfonamides is 1. The number of halogens is 1. The van der Waals surface area contributed by atoms with E-state index in [2.05, 4.69) is 20.9 Å². The van der Waals surface area contributed by atoms with Crippen molar-refractivity contribution in [2.75, 3.05) is 11.9 Å². The first-order chi connectivity index (χ1) is 7.89. The molecule has 0 aromatic carbocycles. The van der Waals surface area contributed by atoms with Crippen molar-refractivity contribution >= 4 is 37.3 Å². The Morgan fingerprint density at radius 1 is 1.53 bits per heavy atom. The Bertz CT molecular complexity index is 457. The van der Waals surface area contributed by atoms with E-state index in [1.54, 1.807) is 0 Å². The molecule has 0 N–H and O–H groups in total. The van der Waals surface area contributed by atoms with Crippen LogP contribution in [-0.2, 0) is 10.0 Å². The summed E-state index contributed by atoms with van der Waals surface area (Å²) in [6.45, 7) is 6.11. The van der Waals surface area contributed by atoms with Crippen molar-refractivity contribution in [3.05, 3.63) is 11.2 Å². The molecule has 0 aliphatic carbocycles. The summed E-state index contributed by atoms with van der Waals surface area (Å²) in [5, 5.41) is 1.57. The number of hydrogen-bond acceptors (Lipinski definition) is 4. The van der Waals surface area contributed by atoms with Crippen LogP contribution in [0.25, 0.3) is 0 Å². The second-order valence-corrected chi connectivity index (χ2v) is 8.10. The van der Waals surface area contributed by atoms with Crippen LogP contribution in [0, 0.1) is 6.92 Å². The quantitative estimate of drug-likeness (QED) is 0.748. The molecule has 0 fully saturated rings. The van der Waals surface area contributed by atoms with Gasteiger partial charge in [-0.1, -0.05) is 15.9 Å². The molecule has 0 saturated carbocycles. The zero-order valence-corrected chi connectivity index (χ0v) is 13.4. The minimum absolute atomic E-state index is 0.0403. The predicted octanol–water partition coefficient (Wildman–Crippen LogP) is 2.64. The number of alkyl halides is 1. The van der Waals surface area contributed by atoms with Crippen LogP contribution in [-0.4, -0.2) is 35.6 Å². The Balaban J connectivity index is 3.00. The lowest BCUT2D eigenvalue weighted by Gasteiger charge is -2.24. The van der Waals surface area contributed by atoms with Crippen molar-refractivity contribution in [1.82, 2.24) is 9.29 Å². The molecule has 1 heterocycles. The summed E-state index contributed by atoms with van der Waals surface area (Å²) in [6, 6.07) is -0.0403. The minimum atomic E-state index is -3.38. The van der Waals surface area contributed by atoms with E-state index < -0.39 is 10.0 Å². The molecule has 0 saturated heterocycles. The van der Waals surface area contributed by atoms with Crippen LogP contribution >= 0.6 is 27.3 Å². The standard InChI is InChI=1S/C10H17BrN2O2S2/c1-8(2)13(6-4-5-11)17(14,15)10-7-12-9(3)16-10/h7-8H,4-6H2,1-3H3. The first-order valence-corrected chi connectivity index (χ1v) is 8.77. The molecule has 4 nitrogen and oxygen atoms in total. The van der Waals surface area contributed by atoms with Gasteiger partial charge in [-0.15, -0.1) is 11.3 Å². The predicted molar refractivity (Wildman–Crippen MR) is 74.3 cm³/mol. The lowest BCUT2D eigenvalue weighted by Crippen LogP contribution is -2.37. The Labute approximate surface area is 115 Å². The molecule has 0 atom stereocenters. The Kier molecular flexibility index (Phi) is 5.56. The number of hydrogen-bond donors (Lipinski definition) is 0. The molecule has 1 aromatic rings. The monoisotopic (exact) mass is 340 g/mol. The minimum Gasteiger partial charge on any atom is -0.249 e. The molecular weight excluding hydrogens is 324 g/mol. The largest absolute Gasteiger partial charge is 0.254 e. The van der Waals surface area contributed by atoms with Gasteiger partial charge in [0.25, 0.3) is 10.0 Å². The Morgan fingerprint density at radius 3 is 2.59 bits per heavy atom. The van der Waals surface area contributed by atoms with Crippen molar-refractivity contribution in [2.24, 2.45) is 0 Å². The topological polar surface area (TPSA) is 50.3 Å². The van der Waals surface area contributed by atoms with Gasteiger partial charge in [0.05, 0.1) is 11.2 Å². The highest BCUT2D eigenvalue weighted by atomic mass is 79.9. The van der Waals surface area contributed by atoms with E-state index in [9.17, 15) is 8.42 Å². The second-order valence-electron chi connectivity index (χ2n) is 3.95. The lowest BCUT2D eigenvalue weighted by atomic mass is 10.4. The van der Waals surface area contributed by atoms with Crippen LogP contribution in [0.4, 0.5) is 0 Å². The smallest absolute Gasteiger partial charge is 0.249 e. The maximum absolute atomic E-state index is 12.4. The fourth-order valence-electron chi connectivity index (χ4n) is 1.45. The molecule has 0 bridgehead atoms. The van der Waals surface area contributed by atoms with E-state index in [1.807, 2.05) is 20.8 Å². The Hall–Kier alpha value is 0.0200. The molecule has 1 aromatic heterocycles. The fraction of sp³-hybridized carbons (Fsp3) is 0.700. The molecule has 0 unspecified atom stereocenters. The second kappa shape index (κ2) is 6.26. The van der Waals surface area contributed by atoms with Crippen LogP contribution in [0.2, 0.25) is 0 Å². The number of aryl methyl sites for hydroxylation is 1. The normalized spacial score (nSPS) is 12.6. The van der Waals surface area contributed by atoms with Gasteiger partial charge in [0.1, 0.15) is 0 Å². The van der Waals surface area contributed by atoms with Crippen LogP contribution < -0.4 is 0 Å². The molecule has 7 heteroatoms. The third-order valence-electron chi connectivity index (χ3n) is 2.25. The zero-order chi connectivity index (χ0) is 13.1. The number of aromatic nitrogens is 1. The molecule has 0 spiro atoms. The van der Waals surface area contributed by atoms with Gasteiger partial charge in [-0.2, -0.15) is 4.31 Å². The maximum Gasteiger partial charge on any atom is 0.254 e. The molecule has 17 heavy (non-hydrogen) atoms. The summed E-state index contributed by atoms with van der Waals surface area (Å²) < 4.78 is 26.6. The van der Waals surface area contributed by atoms with Crippen molar-refractivity contribution in [1.29, 1.82) is 0 Å². The van der Waals surface area contributed by atoms with Gasteiger partial charge in [0.2, 0.25) is 0 Å². The van der Waals surface area contributed by atoms with Gasteiger partial charge in [0, 0.05) is 17.9 Å². The molecule has 98 valence electrons. The van der Waals surface area contributed by atoms with Crippen molar-refractivity contribution in [2.45, 2.75) is 37.4 Å². The molecule has 0 aliphatic heterocycles. The first kappa shape index (κ1) is 15.1. The molecule has 0 amide bonds. The Morgan fingerprint density at radius 2 is 2.18 bits per heavy atom. The van der Waals surface area contributed by atoms with Gasteiger partial charge in [-0.3, -0.25) is 0 Å². The maximum atomic E-state index is 12.4.